The number of aromatic carboxylic acids is 1. The van der Waals surface area contributed by atoms with E-state index in [9.17, 15) is 9.59 Å². The number of carboxylic acids is 1. The summed E-state index contributed by atoms with van der Waals surface area (Å²) in [6, 6.07) is -0.288. The van der Waals surface area contributed by atoms with Gasteiger partial charge in [0.2, 0.25) is 0 Å². The molecule has 21 heavy (non-hydrogen) atoms. The number of hydrogen-bond acceptors (Lipinski definition) is 5. The number of nitrogens with zero attached hydrogens (tertiary/aromatic N) is 3. The minimum absolute atomic E-state index is 0.118. The monoisotopic (exact) mass is 297 g/mol. The smallest absolute Gasteiger partial charge is 0.358 e. The highest BCUT2D eigenvalue weighted by molar-refractivity contribution is 5.84. The van der Waals surface area contributed by atoms with Crippen LogP contribution in [-0.2, 0) is 11.3 Å². The third kappa shape index (κ3) is 5.78. The van der Waals surface area contributed by atoms with Gasteiger partial charge in [0, 0.05) is 19.7 Å². The Hall–Kier alpha value is -2.16. The molecule has 1 aromatic heterocycles. The normalized spacial score (nSPS) is 13.9. The lowest BCUT2D eigenvalue weighted by molar-refractivity contribution is 0.0690. The molecule has 2 amide bonds. The fraction of sp³-hybridized carbons (Fsp3) is 0.667. The van der Waals surface area contributed by atoms with E-state index in [1.165, 1.54) is 23.7 Å². The predicted molar refractivity (Wildman–Crippen MR) is 71.9 cm³/mol. The highest BCUT2D eigenvalue weighted by Gasteiger charge is 2.20. The van der Waals surface area contributed by atoms with E-state index in [4.69, 9.17) is 9.84 Å². The summed E-state index contributed by atoms with van der Waals surface area (Å²) in [5.41, 5.74) is -0.118. The number of aromatic nitrogens is 3. The Morgan fingerprint density at radius 2 is 2.14 bits per heavy atom. The molecular formula is C12H19N5O4. The van der Waals surface area contributed by atoms with Crippen molar-refractivity contribution in [3.05, 3.63) is 11.9 Å². The van der Waals surface area contributed by atoms with E-state index in [-0.39, 0.29) is 11.7 Å². The van der Waals surface area contributed by atoms with Crippen molar-refractivity contribution in [1.82, 2.24) is 25.6 Å². The average Bonchev–Trinajstić information content (AvgIpc) is 3.14. The van der Waals surface area contributed by atoms with E-state index >= 15 is 0 Å². The van der Waals surface area contributed by atoms with Gasteiger partial charge in [-0.15, -0.1) is 5.10 Å². The van der Waals surface area contributed by atoms with Gasteiger partial charge in [-0.05, 0) is 18.8 Å². The summed E-state index contributed by atoms with van der Waals surface area (Å²) < 4.78 is 6.75. The zero-order valence-electron chi connectivity index (χ0n) is 11.6. The summed E-state index contributed by atoms with van der Waals surface area (Å²) in [7, 11) is 0. The third-order valence-electron chi connectivity index (χ3n) is 2.97. The minimum Gasteiger partial charge on any atom is -0.476 e. The van der Waals surface area contributed by atoms with Crippen LogP contribution < -0.4 is 10.6 Å². The summed E-state index contributed by atoms with van der Waals surface area (Å²) in [6.45, 7) is 2.44. The number of carboxylic acid groups (broad SMARTS) is 1. The van der Waals surface area contributed by atoms with Gasteiger partial charge in [0.25, 0.3) is 0 Å². The van der Waals surface area contributed by atoms with Crippen LogP contribution in [0, 0.1) is 5.92 Å². The van der Waals surface area contributed by atoms with Crippen LogP contribution in [0.15, 0.2) is 6.20 Å². The van der Waals surface area contributed by atoms with Crippen molar-refractivity contribution in [2.45, 2.75) is 19.4 Å². The number of ether oxygens (including phenoxy) is 1. The van der Waals surface area contributed by atoms with Crippen LogP contribution in [0.1, 0.15) is 23.3 Å². The number of carbonyl (C=O) groups is 2. The number of nitrogens with one attached hydrogen (secondary N) is 2. The first-order chi connectivity index (χ1) is 10.1. The Morgan fingerprint density at radius 1 is 1.38 bits per heavy atom. The van der Waals surface area contributed by atoms with E-state index in [1.807, 2.05) is 0 Å². The molecule has 1 aliphatic carbocycles. The molecule has 0 spiro atoms. The maximum absolute atomic E-state index is 11.4. The van der Waals surface area contributed by atoms with E-state index in [0.717, 1.165) is 12.5 Å². The number of carbonyl (C=O) groups excluding carboxylic acids is 1. The van der Waals surface area contributed by atoms with Crippen molar-refractivity contribution in [2.75, 3.05) is 26.3 Å². The molecule has 2 rings (SSSR count). The summed E-state index contributed by atoms with van der Waals surface area (Å²) in [4.78, 5) is 22.0. The van der Waals surface area contributed by atoms with E-state index in [2.05, 4.69) is 20.9 Å². The Labute approximate surface area is 121 Å². The molecule has 0 aromatic carbocycles. The standard InChI is InChI=1S/C12H19N5O4/c18-11(19)10-7-17(16-15-10)5-3-13-12(20)14-4-6-21-8-9-1-2-9/h7,9H,1-6,8H2,(H,18,19)(H2,13,14,20). The molecule has 9 nitrogen and oxygen atoms in total. The van der Waals surface area contributed by atoms with Crippen LogP contribution in [-0.4, -0.2) is 58.4 Å². The summed E-state index contributed by atoms with van der Waals surface area (Å²) in [6.07, 6.45) is 3.81. The fourth-order valence-electron chi connectivity index (χ4n) is 1.62. The molecule has 0 atom stereocenters. The summed E-state index contributed by atoms with van der Waals surface area (Å²) >= 11 is 0. The molecule has 1 saturated carbocycles. The van der Waals surface area contributed by atoms with Crippen LogP contribution in [0.3, 0.4) is 0 Å². The van der Waals surface area contributed by atoms with E-state index in [0.29, 0.717) is 26.2 Å². The highest BCUT2D eigenvalue weighted by Crippen LogP contribution is 2.28. The number of rotatable bonds is 9. The average molecular weight is 297 g/mol. The first-order valence-corrected chi connectivity index (χ1v) is 6.88. The predicted octanol–water partition coefficient (Wildman–Crippen LogP) is -0.298. The van der Waals surface area contributed by atoms with Gasteiger partial charge < -0.3 is 20.5 Å². The Bertz CT molecular complexity index is 486. The van der Waals surface area contributed by atoms with Gasteiger partial charge in [0.05, 0.1) is 19.3 Å². The van der Waals surface area contributed by atoms with Crippen molar-refractivity contribution >= 4 is 12.0 Å². The molecule has 0 bridgehead atoms. The van der Waals surface area contributed by atoms with Crippen molar-refractivity contribution in [2.24, 2.45) is 5.92 Å². The molecule has 0 aliphatic heterocycles. The molecule has 9 heteroatoms. The topological polar surface area (TPSA) is 118 Å². The number of urea groups is 1. The number of amides is 2. The Kier molecular flexibility index (Phi) is 5.50. The molecule has 0 saturated heterocycles. The zero-order valence-corrected chi connectivity index (χ0v) is 11.6. The Balaban J connectivity index is 1.50. The molecule has 1 aromatic rings. The Morgan fingerprint density at radius 3 is 2.81 bits per heavy atom. The summed E-state index contributed by atoms with van der Waals surface area (Å²) in [5.74, 6) is -0.407. The van der Waals surface area contributed by atoms with Crippen molar-refractivity contribution in [1.29, 1.82) is 0 Å². The highest BCUT2D eigenvalue weighted by atomic mass is 16.5. The van der Waals surface area contributed by atoms with Gasteiger partial charge in [-0.1, -0.05) is 5.21 Å². The van der Waals surface area contributed by atoms with Gasteiger partial charge in [-0.25, -0.2) is 14.3 Å². The van der Waals surface area contributed by atoms with Gasteiger partial charge in [-0.2, -0.15) is 0 Å². The lowest BCUT2D eigenvalue weighted by Gasteiger charge is -2.07. The maximum Gasteiger partial charge on any atom is 0.358 e. The van der Waals surface area contributed by atoms with E-state index in [1.54, 1.807) is 0 Å². The van der Waals surface area contributed by atoms with Gasteiger partial charge >= 0.3 is 12.0 Å². The van der Waals surface area contributed by atoms with Crippen molar-refractivity contribution in [3.8, 4) is 0 Å². The summed E-state index contributed by atoms with van der Waals surface area (Å²) in [5, 5.41) is 21.1. The third-order valence-corrected chi connectivity index (χ3v) is 2.97. The molecule has 0 radical (unpaired) electrons. The number of hydrogen-bond donors (Lipinski definition) is 3. The maximum atomic E-state index is 11.4. The largest absolute Gasteiger partial charge is 0.476 e. The fourth-order valence-corrected chi connectivity index (χ4v) is 1.62. The van der Waals surface area contributed by atoms with Crippen LogP contribution in [0.25, 0.3) is 0 Å². The molecular weight excluding hydrogens is 278 g/mol. The molecule has 1 aliphatic rings. The quantitative estimate of drug-likeness (QED) is 0.539. The van der Waals surface area contributed by atoms with Crippen LogP contribution in [0.5, 0.6) is 0 Å². The molecule has 1 fully saturated rings. The van der Waals surface area contributed by atoms with Crippen LogP contribution >= 0.6 is 0 Å². The SMILES string of the molecule is O=C(NCCOCC1CC1)NCCn1cc(C(=O)O)nn1. The van der Waals surface area contributed by atoms with Gasteiger partial charge in [0.1, 0.15) is 0 Å². The van der Waals surface area contributed by atoms with E-state index < -0.39 is 5.97 Å². The molecule has 116 valence electrons. The molecule has 3 N–H and O–H groups in total. The van der Waals surface area contributed by atoms with Crippen LogP contribution in [0.4, 0.5) is 4.79 Å². The second kappa shape index (κ2) is 7.58. The first kappa shape index (κ1) is 15.2. The van der Waals surface area contributed by atoms with Crippen LogP contribution in [0.2, 0.25) is 0 Å². The molecule has 1 heterocycles. The minimum atomic E-state index is -1.13. The van der Waals surface area contributed by atoms with Gasteiger partial charge in [0.15, 0.2) is 5.69 Å². The van der Waals surface area contributed by atoms with Gasteiger partial charge in [-0.3, -0.25) is 0 Å². The second-order valence-electron chi connectivity index (χ2n) is 4.87. The zero-order chi connectivity index (χ0) is 15.1. The molecule has 0 unspecified atom stereocenters. The second-order valence-corrected chi connectivity index (χ2v) is 4.87. The van der Waals surface area contributed by atoms with Crippen molar-refractivity contribution < 1.29 is 19.4 Å². The lowest BCUT2D eigenvalue weighted by atomic mass is 10.5. The van der Waals surface area contributed by atoms with Crippen molar-refractivity contribution in [3.63, 3.8) is 0 Å². The lowest BCUT2D eigenvalue weighted by Crippen LogP contribution is -2.38. The first-order valence-electron chi connectivity index (χ1n) is 6.88.